The van der Waals surface area contributed by atoms with Gasteiger partial charge in [0.1, 0.15) is 0 Å². The number of hydrogen-bond donors (Lipinski definition) is 0. The number of aryl methyl sites for hydroxylation is 1. The summed E-state index contributed by atoms with van der Waals surface area (Å²) in [5.74, 6) is 0.806. The van der Waals surface area contributed by atoms with Crippen molar-refractivity contribution in [3.63, 3.8) is 0 Å². The van der Waals surface area contributed by atoms with E-state index in [0.29, 0.717) is 12.3 Å². The van der Waals surface area contributed by atoms with Crippen molar-refractivity contribution in [2.24, 2.45) is 5.92 Å². The van der Waals surface area contributed by atoms with Crippen molar-refractivity contribution >= 4 is 0 Å². The highest BCUT2D eigenvalue weighted by molar-refractivity contribution is 5.26. The third-order valence-electron chi connectivity index (χ3n) is 5.95. The van der Waals surface area contributed by atoms with Crippen molar-refractivity contribution in [2.45, 2.75) is 102 Å². The largest absolute Gasteiger partial charge is 0.389 e. The van der Waals surface area contributed by atoms with Crippen molar-refractivity contribution in [3.8, 4) is 0 Å². The average molecular weight is 369 g/mol. The predicted molar refractivity (Wildman–Crippen MR) is 104 cm³/mol. The molecular formula is C23H35F3. The van der Waals surface area contributed by atoms with Crippen LogP contribution in [-0.2, 0) is 6.42 Å². The van der Waals surface area contributed by atoms with Crippen LogP contribution in [0.1, 0.15) is 101 Å². The summed E-state index contributed by atoms with van der Waals surface area (Å²) in [4.78, 5) is 0. The van der Waals surface area contributed by atoms with Gasteiger partial charge < -0.3 is 0 Å². The van der Waals surface area contributed by atoms with Gasteiger partial charge in [0.15, 0.2) is 0 Å². The van der Waals surface area contributed by atoms with Crippen LogP contribution >= 0.6 is 0 Å². The molecule has 0 aliphatic heterocycles. The molecule has 1 aromatic carbocycles. The molecule has 0 N–H and O–H groups in total. The molecular weight excluding hydrogens is 333 g/mol. The number of halogens is 3. The Balaban J connectivity index is 1.67. The van der Waals surface area contributed by atoms with E-state index in [1.165, 1.54) is 49.7 Å². The van der Waals surface area contributed by atoms with Crippen LogP contribution in [0.3, 0.4) is 0 Å². The van der Waals surface area contributed by atoms with Gasteiger partial charge in [0.05, 0.1) is 0 Å². The molecule has 148 valence electrons. The summed E-state index contributed by atoms with van der Waals surface area (Å²) in [7, 11) is 0. The van der Waals surface area contributed by atoms with Crippen molar-refractivity contribution in [2.75, 3.05) is 0 Å². The van der Waals surface area contributed by atoms with Gasteiger partial charge in [-0.25, -0.2) is 0 Å². The highest BCUT2D eigenvalue weighted by Crippen LogP contribution is 2.39. The van der Waals surface area contributed by atoms with E-state index in [1.807, 2.05) is 0 Å². The van der Waals surface area contributed by atoms with Gasteiger partial charge in [0.25, 0.3) is 0 Å². The molecule has 0 saturated heterocycles. The first kappa shape index (κ1) is 21.3. The predicted octanol–water partition coefficient (Wildman–Crippen LogP) is 8.21. The van der Waals surface area contributed by atoms with Gasteiger partial charge in [0, 0.05) is 6.42 Å². The van der Waals surface area contributed by atoms with E-state index in [-0.39, 0.29) is 5.92 Å². The van der Waals surface area contributed by atoms with Gasteiger partial charge in [-0.15, -0.1) is 0 Å². The SMILES string of the molecule is CCCCCCCCc1ccc([C@H]2CC[C@H](CCC(F)(F)F)CC2)cc1. The normalized spacial score (nSPS) is 21.1. The van der Waals surface area contributed by atoms with Crippen molar-refractivity contribution in [1.29, 1.82) is 0 Å². The van der Waals surface area contributed by atoms with E-state index in [4.69, 9.17) is 0 Å². The molecule has 3 heteroatoms. The molecule has 1 aliphatic carbocycles. The minimum Gasteiger partial charge on any atom is -0.171 e. The number of unbranched alkanes of at least 4 members (excludes halogenated alkanes) is 5. The fourth-order valence-electron chi connectivity index (χ4n) is 4.22. The van der Waals surface area contributed by atoms with Crippen molar-refractivity contribution in [3.05, 3.63) is 35.4 Å². The zero-order valence-electron chi connectivity index (χ0n) is 16.3. The molecule has 0 radical (unpaired) electrons. The van der Waals surface area contributed by atoms with Crippen LogP contribution in [0.5, 0.6) is 0 Å². The Morgan fingerprint density at radius 3 is 2.08 bits per heavy atom. The van der Waals surface area contributed by atoms with Gasteiger partial charge in [0.2, 0.25) is 0 Å². The summed E-state index contributed by atoms with van der Waals surface area (Å²) >= 11 is 0. The lowest BCUT2D eigenvalue weighted by Gasteiger charge is -2.29. The monoisotopic (exact) mass is 368 g/mol. The van der Waals surface area contributed by atoms with Gasteiger partial charge in [-0.1, -0.05) is 63.3 Å². The second kappa shape index (κ2) is 11.0. The lowest BCUT2D eigenvalue weighted by Crippen LogP contribution is -2.16. The highest BCUT2D eigenvalue weighted by Gasteiger charge is 2.30. The number of benzene rings is 1. The molecule has 0 atom stereocenters. The van der Waals surface area contributed by atoms with Crippen molar-refractivity contribution < 1.29 is 13.2 Å². The molecule has 26 heavy (non-hydrogen) atoms. The molecule has 1 aliphatic rings. The molecule has 0 nitrogen and oxygen atoms in total. The van der Waals surface area contributed by atoms with Crippen LogP contribution in [0, 0.1) is 5.92 Å². The first-order chi connectivity index (χ1) is 12.5. The Morgan fingerprint density at radius 1 is 0.846 bits per heavy atom. The first-order valence-corrected chi connectivity index (χ1v) is 10.6. The zero-order valence-corrected chi connectivity index (χ0v) is 16.3. The van der Waals surface area contributed by atoms with Gasteiger partial charge in [-0.05, 0) is 67.9 Å². The van der Waals surface area contributed by atoms with E-state index >= 15 is 0 Å². The van der Waals surface area contributed by atoms with E-state index in [0.717, 1.165) is 32.1 Å². The Kier molecular flexibility index (Phi) is 9.01. The minimum absolute atomic E-state index is 0.264. The number of alkyl halides is 3. The standard InChI is InChI=1S/C23H35F3/c1-2-3-4-5-6-7-8-19-9-13-21(14-10-19)22-15-11-20(12-16-22)17-18-23(24,25)26/h9-10,13-14,20,22H,2-8,11-12,15-18H2,1H3/t20-,22-. The maximum Gasteiger partial charge on any atom is 0.389 e. The average Bonchev–Trinajstić information content (AvgIpc) is 2.63. The lowest BCUT2D eigenvalue weighted by molar-refractivity contribution is -0.138. The summed E-state index contributed by atoms with van der Waals surface area (Å²) in [6.07, 6.45) is 8.79. The fourth-order valence-corrected chi connectivity index (χ4v) is 4.22. The van der Waals surface area contributed by atoms with Crippen LogP contribution in [-0.4, -0.2) is 6.18 Å². The molecule has 0 spiro atoms. The van der Waals surface area contributed by atoms with Crippen molar-refractivity contribution in [1.82, 2.24) is 0 Å². The molecule has 0 bridgehead atoms. The molecule has 1 saturated carbocycles. The van der Waals surface area contributed by atoms with Gasteiger partial charge in [-0.3, -0.25) is 0 Å². The quantitative estimate of drug-likeness (QED) is 0.365. The number of hydrogen-bond acceptors (Lipinski definition) is 0. The van der Waals surface area contributed by atoms with Gasteiger partial charge >= 0.3 is 6.18 Å². The molecule has 0 unspecified atom stereocenters. The van der Waals surface area contributed by atoms with Crippen LogP contribution in [0.15, 0.2) is 24.3 Å². The maximum atomic E-state index is 12.4. The van der Waals surface area contributed by atoms with E-state index in [2.05, 4.69) is 31.2 Å². The zero-order chi connectivity index (χ0) is 18.8. The Bertz CT molecular complexity index is 481. The fraction of sp³-hybridized carbons (Fsp3) is 0.739. The summed E-state index contributed by atoms with van der Waals surface area (Å²) in [5.41, 5.74) is 2.80. The highest BCUT2D eigenvalue weighted by atomic mass is 19.4. The molecule has 0 aromatic heterocycles. The second-order valence-electron chi connectivity index (χ2n) is 8.13. The van der Waals surface area contributed by atoms with Crippen LogP contribution < -0.4 is 0 Å². The molecule has 1 fully saturated rings. The third-order valence-corrected chi connectivity index (χ3v) is 5.95. The minimum atomic E-state index is -4.00. The smallest absolute Gasteiger partial charge is 0.171 e. The van der Waals surface area contributed by atoms with Crippen LogP contribution in [0.25, 0.3) is 0 Å². The first-order valence-electron chi connectivity index (χ1n) is 10.6. The van der Waals surface area contributed by atoms with Crippen LogP contribution in [0.2, 0.25) is 0 Å². The summed E-state index contributed by atoms with van der Waals surface area (Å²) in [5, 5.41) is 0. The molecule has 0 heterocycles. The van der Waals surface area contributed by atoms with E-state index < -0.39 is 12.6 Å². The lowest BCUT2D eigenvalue weighted by atomic mass is 9.77. The van der Waals surface area contributed by atoms with E-state index in [9.17, 15) is 13.2 Å². The van der Waals surface area contributed by atoms with Crippen LogP contribution in [0.4, 0.5) is 13.2 Å². The molecule has 1 aromatic rings. The maximum absolute atomic E-state index is 12.4. The third kappa shape index (κ3) is 8.14. The second-order valence-corrected chi connectivity index (χ2v) is 8.13. The van der Waals surface area contributed by atoms with Gasteiger partial charge in [-0.2, -0.15) is 13.2 Å². The Labute approximate surface area is 157 Å². The summed E-state index contributed by atoms with van der Waals surface area (Å²) in [6, 6.07) is 9.04. The number of rotatable bonds is 10. The summed E-state index contributed by atoms with van der Waals surface area (Å²) in [6.45, 7) is 2.25. The summed E-state index contributed by atoms with van der Waals surface area (Å²) < 4.78 is 37.1. The Morgan fingerprint density at radius 2 is 1.46 bits per heavy atom. The molecule has 2 rings (SSSR count). The molecule has 0 amide bonds. The van der Waals surface area contributed by atoms with E-state index in [1.54, 1.807) is 0 Å². The topological polar surface area (TPSA) is 0 Å². The Hall–Kier alpha value is -0.990.